The molecular weight excluding hydrogens is 503 g/mol. The van der Waals surface area contributed by atoms with Crippen molar-refractivity contribution in [3.05, 3.63) is 101 Å². The van der Waals surface area contributed by atoms with Crippen molar-refractivity contribution in [2.45, 2.75) is 44.5 Å². The summed E-state index contributed by atoms with van der Waals surface area (Å²) in [6.45, 7) is 2.05. The molecule has 0 radical (unpaired) electrons. The summed E-state index contributed by atoms with van der Waals surface area (Å²) in [5.41, 5.74) is 3.39. The Labute approximate surface area is 222 Å². The fourth-order valence-corrected chi connectivity index (χ4v) is 5.18. The van der Waals surface area contributed by atoms with E-state index in [1.807, 2.05) is 54.7 Å². The fraction of sp³-hybridized carbons (Fsp3) is 0.233. The van der Waals surface area contributed by atoms with E-state index in [0.717, 1.165) is 41.0 Å². The molecule has 0 saturated heterocycles. The monoisotopic (exact) mass is 527 g/mol. The highest BCUT2D eigenvalue weighted by atomic mass is 19.4. The second-order valence-electron chi connectivity index (χ2n) is 9.89. The van der Waals surface area contributed by atoms with Crippen LogP contribution in [0.2, 0.25) is 0 Å². The molecule has 0 spiro atoms. The Kier molecular flexibility index (Phi) is 6.00. The Bertz CT molecular complexity index is 1730. The van der Waals surface area contributed by atoms with Crippen molar-refractivity contribution in [3.63, 3.8) is 0 Å². The molecule has 6 rings (SSSR count). The molecule has 39 heavy (non-hydrogen) atoms. The third kappa shape index (κ3) is 4.57. The Morgan fingerprint density at radius 1 is 1.05 bits per heavy atom. The van der Waals surface area contributed by atoms with Crippen LogP contribution in [0.1, 0.15) is 52.8 Å². The predicted octanol–water partition coefficient (Wildman–Crippen LogP) is 6.70. The normalized spacial score (nSPS) is 14.5. The average molecular weight is 528 g/mol. The number of fused-ring (bicyclic) bond motifs is 1. The first kappa shape index (κ1) is 24.9. The summed E-state index contributed by atoms with van der Waals surface area (Å²) in [5.74, 6) is 0.215. The number of nitriles is 1. The van der Waals surface area contributed by atoms with E-state index in [2.05, 4.69) is 5.10 Å². The highest BCUT2D eigenvalue weighted by molar-refractivity contribution is 5.94. The fourth-order valence-electron chi connectivity index (χ4n) is 5.18. The first-order chi connectivity index (χ1) is 18.7. The van der Waals surface area contributed by atoms with Gasteiger partial charge in [-0.25, -0.2) is 4.68 Å². The largest absolute Gasteiger partial charge is 0.418 e. The van der Waals surface area contributed by atoms with E-state index in [9.17, 15) is 23.5 Å². The summed E-state index contributed by atoms with van der Waals surface area (Å²) in [4.78, 5) is 0. The lowest BCUT2D eigenvalue weighted by atomic mass is 10.00. The maximum atomic E-state index is 14.0. The summed E-state index contributed by atoms with van der Waals surface area (Å²) in [5, 5.41) is 30.1. The number of halogens is 3. The Morgan fingerprint density at radius 3 is 2.51 bits per heavy atom. The third-order valence-electron chi connectivity index (χ3n) is 7.20. The van der Waals surface area contributed by atoms with Gasteiger partial charge in [0.1, 0.15) is 0 Å². The topological polar surface area (TPSA) is 79.7 Å². The number of rotatable bonds is 6. The Balaban J connectivity index is 1.47. The molecule has 1 N–H and O–H groups in total. The summed E-state index contributed by atoms with van der Waals surface area (Å²) < 4.78 is 45.2. The molecule has 3 aromatic carbocycles. The molecular formula is C30H24F3N5O. The molecule has 1 atom stereocenters. The molecule has 1 aliphatic carbocycles. The Morgan fingerprint density at radius 2 is 1.82 bits per heavy atom. The lowest BCUT2D eigenvalue weighted by Crippen LogP contribution is -2.13. The van der Waals surface area contributed by atoms with Crippen LogP contribution in [-0.4, -0.2) is 24.7 Å². The molecule has 9 heteroatoms. The first-order valence-electron chi connectivity index (χ1n) is 12.7. The van der Waals surface area contributed by atoms with Crippen LogP contribution in [0.15, 0.2) is 72.9 Å². The van der Waals surface area contributed by atoms with Crippen molar-refractivity contribution in [2.75, 3.05) is 0 Å². The molecule has 6 nitrogen and oxygen atoms in total. The van der Waals surface area contributed by atoms with Crippen molar-refractivity contribution in [1.29, 1.82) is 5.26 Å². The molecule has 196 valence electrons. The second kappa shape index (κ2) is 9.40. The summed E-state index contributed by atoms with van der Waals surface area (Å²) in [6.07, 6.45) is -1.66. The molecule has 0 aliphatic heterocycles. The molecule has 5 aromatic rings. The second-order valence-corrected chi connectivity index (χ2v) is 9.89. The van der Waals surface area contributed by atoms with E-state index in [1.54, 1.807) is 17.7 Å². The van der Waals surface area contributed by atoms with E-state index in [1.165, 1.54) is 16.8 Å². The molecule has 1 saturated carbocycles. The van der Waals surface area contributed by atoms with Gasteiger partial charge >= 0.3 is 6.18 Å². The molecule has 1 fully saturated rings. The van der Waals surface area contributed by atoms with Gasteiger partial charge in [0.15, 0.2) is 0 Å². The minimum Gasteiger partial charge on any atom is -0.386 e. The highest BCUT2D eigenvalue weighted by Crippen LogP contribution is 2.48. The van der Waals surface area contributed by atoms with E-state index < -0.39 is 17.8 Å². The lowest BCUT2D eigenvalue weighted by molar-refractivity contribution is -0.137. The SMILES string of the molecule is Cc1c(C2CC2)c(-c2cccc3nn(C[C@H](O)c4ccccc4)cc23)nn1-c1ccc(C#N)cc1C(F)(F)F. The quantitative estimate of drug-likeness (QED) is 0.267. The van der Waals surface area contributed by atoms with Crippen molar-refractivity contribution >= 4 is 10.9 Å². The zero-order valence-corrected chi connectivity index (χ0v) is 21.0. The van der Waals surface area contributed by atoms with Crippen LogP contribution in [0.5, 0.6) is 0 Å². The predicted molar refractivity (Wildman–Crippen MR) is 140 cm³/mol. The van der Waals surface area contributed by atoms with Crippen LogP contribution < -0.4 is 0 Å². The van der Waals surface area contributed by atoms with Crippen LogP contribution in [0, 0.1) is 18.3 Å². The smallest absolute Gasteiger partial charge is 0.386 e. The standard InChI is InChI=1S/C30H24F3N5O/c1-18-28(21-11-12-21)29(36-38(18)26-13-10-19(15-34)14-24(26)30(31,32)33)22-8-5-9-25-23(22)16-37(35-25)17-27(39)20-6-3-2-4-7-20/h2-10,13-14,16,21,27,39H,11-12,17H2,1H3/t27-/m0/s1. The van der Waals surface area contributed by atoms with Crippen LogP contribution in [-0.2, 0) is 12.7 Å². The van der Waals surface area contributed by atoms with E-state index in [-0.39, 0.29) is 23.7 Å². The van der Waals surface area contributed by atoms with Crippen LogP contribution in [0.25, 0.3) is 27.8 Å². The van der Waals surface area contributed by atoms with Crippen molar-refractivity contribution in [1.82, 2.24) is 19.6 Å². The van der Waals surface area contributed by atoms with E-state index in [0.29, 0.717) is 16.9 Å². The van der Waals surface area contributed by atoms with E-state index in [4.69, 9.17) is 5.10 Å². The zero-order valence-electron chi connectivity index (χ0n) is 21.0. The zero-order chi connectivity index (χ0) is 27.3. The van der Waals surface area contributed by atoms with Crippen molar-refractivity contribution < 1.29 is 18.3 Å². The molecule has 2 aromatic heterocycles. The van der Waals surface area contributed by atoms with Crippen molar-refractivity contribution in [2.24, 2.45) is 0 Å². The summed E-state index contributed by atoms with van der Waals surface area (Å²) in [6, 6.07) is 20.3. The summed E-state index contributed by atoms with van der Waals surface area (Å²) in [7, 11) is 0. The molecule has 2 heterocycles. The number of hydrogen-bond acceptors (Lipinski definition) is 4. The minimum atomic E-state index is -4.65. The third-order valence-corrected chi connectivity index (χ3v) is 7.20. The molecule has 0 bridgehead atoms. The number of aliphatic hydroxyl groups is 1. The minimum absolute atomic E-state index is 0.0617. The van der Waals surface area contributed by atoms with Gasteiger partial charge in [0.25, 0.3) is 0 Å². The van der Waals surface area contributed by atoms with Gasteiger partial charge in [-0.2, -0.15) is 28.6 Å². The summed E-state index contributed by atoms with van der Waals surface area (Å²) >= 11 is 0. The van der Waals surface area contributed by atoms with E-state index >= 15 is 0 Å². The van der Waals surface area contributed by atoms with Gasteiger partial charge in [0.2, 0.25) is 0 Å². The molecule has 0 amide bonds. The van der Waals surface area contributed by atoms with Gasteiger partial charge in [-0.05, 0) is 55.5 Å². The number of benzene rings is 3. The maximum Gasteiger partial charge on any atom is 0.418 e. The van der Waals surface area contributed by atoms with Crippen LogP contribution in [0.4, 0.5) is 13.2 Å². The number of aliphatic hydroxyl groups excluding tert-OH is 1. The maximum absolute atomic E-state index is 14.0. The van der Waals surface area contributed by atoms with Crippen molar-refractivity contribution in [3.8, 4) is 23.0 Å². The van der Waals surface area contributed by atoms with Gasteiger partial charge in [-0.1, -0.05) is 42.5 Å². The highest BCUT2D eigenvalue weighted by Gasteiger charge is 2.37. The van der Waals surface area contributed by atoms with Gasteiger partial charge < -0.3 is 5.11 Å². The van der Waals surface area contributed by atoms with Gasteiger partial charge in [0, 0.05) is 28.4 Å². The molecule has 1 aliphatic rings. The van der Waals surface area contributed by atoms with Gasteiger partial charge in [-0.15, -0.1) is 0 Å². The lowest BCUT2D eigenvalue weighted by Gasteiger charge is -2.14. The van der Waals surface area contributed by atoms with Crippen LogP contribution >= 0.6 is 0 Å². The van der Waals surface area contributed by atoms with Gasteiger partial charge in [-0.3, -0.25) is 4.68 Å². The molecule has 0 unspecified atom stereocenters. The van der Waals surface area contributed by atoms with Gasteiger partial charge in [0.05, 0.1) is 46.7 Å². The number of aromatic nitrogens is 4. The van der Waals surface area contributed by atoms with Crippen LogP contribution in [0.3, 0.4) is 0 Å². The number of nitrogens with zero attached hydrogens (tertiary/aromatic N) is 5. The Hall–Kier alpha value is -4.42. The average Bonchev–Trinajstić information content (AvgIpc) is 3.59. The number of hydrogen-bond donors (Lipinski definition) is 1. The number of alkyl halides is 3. The first-order valence-corrected chi connectivity index (χ1v) is 12.7.